The van der Waals surface area contributed by atoms with Crippen LogP contribution in [-0.2, 0) is 9.59 Å². The van der Waals surface area contributed by atoms with Gasteiger partial charge in [-0.15, -0.1) is 0 Å². The van der Waals surface area contributed by atoms with Gasteiger partial charge in [0.25, 0.3) is 0 Å². The van der Waals surface area contributed by atoms with Crippen molar-refractivity contribution in [3.05, 3.63) is 0 Å². The molecule has 0 aromatic heterocycles. The zero-order valence-corrected chi connectivity index (χ0v) is 10.3. The van der Waals surface area contributed by atoms with Crippen LogP contribution in [0.4, 0.5) is 0 Å². The van der Waals surface area contributed by atoms with Crippen LogP contribution in [-0.4, -0.2) is 35.0 Å². The molecule has 0 aliphatic carbocycles. The summed E-state index contributed by atoms with van der Waals surface area (Å²) in [5.41, 5.74) is 0. The largest absolute Gasteiger partial charge is 0.481 e. The highest BCUT2D eigenvalue weighted by Gasteiger charge is 2.13. The fourth-order valence-corrected chi connectivity index (χ4v) is 1.90. The third kappa shape index (κ3) is 8.30. The molecule has 0 bridgehead atoms. The molecule has 0 aromatic rings. The monoisotopic (exact) mass is 233 g/mol. The van der Waals surface area contributed by atoms with E-state index in [2.05, 4.69) is 5.32 Å². The summed E-state index contributed by atoms with van der Waals surface area (Å²) in [4.78, 5) is 21.8. The summed E-state index contributed by atoms with van der Waals surface area (Å²) in [6, 6.07) is 0.143. The van der Waals surface area contributed by atoms with Crippen molar-refractivity contribution in [2.24, 2.45) is 5.92 Å². The average molecular weight is 233 g/mol. The molecule has 0 rings (SSSR count). The number of carboxylic acids is 1. The first kappa shape index (κ1) is 14.3. The number of carbonyl (C=O) groups is 2. The Kier molecular flexibility index (Phi) is 7.21. The molecule has 2 atom stereocenters. The Morgan fingerprint density at radius 1 is 1.33 bits per heavy atom. The van der Waals surface area contributed by atoms with Crippen molar-refractivity contribution in [2.45, 2.75) is 32.7 Å². The molecule has 0 fully saturated rings. The van der Waals surface area contributed by atoms with E-state index in [1.54, 1.807) is 18.7 Å². The maximum atomic E-state index is 11.4. The summed E-state index contributed by atoms with van der Waals surface area (Å²) in [5, 5.41) is 11.4. The van der Waals surface area contributed by atoms with Gasteiger partial charge < -0.3 is 10.4 Å². The van der Waals surface area contributed by atoms with E-state index in [4.69, 9.17) is 5.11 Å². The Labute approximate surface area is 94.8 Å². The number of hydrogen-bond acceptors (Lipinski definition) is 3. The minimum absolute atomic E-state index is 0.0460. The Hall–Kier alpha value is -0.710. The van der Waals surface area contributed by atoms with E-state index in [0.29, 0.717) is 0 Å². The third-order valence-electron chi connectivity index (χ3n) is 1.88. The lowest BCUT2D eigenvalue weighted by Crippen LogP contribution is -2.35. The van der Waals surface area contributed by atoms with Crippen LogP contribution < -0.4 is 5.32 Å². The van der Waals surface area contributed by atoms with Gasteiger partial charge in [0.2, 0.25) is 5.91 Å². The van der Waals surface area contributed by atoms with Gasteiger partial charge in [-0.2, -0.15) is 11.8 Å². The first-order valence-corrected chi connectivity index (χ1v) is 6.35. The molecule has 4 nitrogen and oxygen atoms in total. The van der Waals surface area contributed by atoms with E-state index in [1.165, 1.54) is 0 Å². The summed E-state index contributed by atoms with van der Waals surface area (Å²) in [6.07, 6.45) is 2.31. The van der Waals surface area contributed by atoms with Crippen molar-refractivity contribution in [2.75, 3.05) is 12.0 Å². The second kappa shape index (κ2) is 7.56. The number of hydrogen-bond donors (Lipinski definition) is 2. The van der Waals surface area contributed by atoms with Gasteiger partial charge in [-0.3, -0.25) is 9.59 Å². The molecule has 0 saturated carbocycles. The minimum atomic E-state index is -0.854. The molecule has 2 N–H and O–H groups in total. The fraction of sp³-hybridized carbons (Fsp3) is 0.800. The van der Waals surface area contributed by atoms with Gasteiger partial charge >= 0.3 is 5.97 Å². The van der Waals surface area contributed by atoms with Crippen molar-refractivity contribution < 1.29 is 14.7 Å². The molecule has 1 amide bonds. The molecule has 15 heavy (non-hydrogen) atoms. The topological polar surface area (TPSA) is 66.4 Å². The predicted octanol–water partition coefficient (Wildman–Crippen LogP) is 1.36. The highest BCUT2D eigenvalue weighted by molar-refractivity contribution is 7.98. The van der Waals surface area contributed by atoms with E-state index in [1.807, 2.05) is 13.2 Å². The molecule has 0 spiro atoms. The van der Waals surface area contributed by atoms with Crippen LogP contribution in [0.1, 0.15) is 26.7 Å². The van der Waals surface area contributed by atoms with Gasteiger partial charge in [0.15, 0.2) is 0 Å². The van der Waals surface area contributed by atoms with Crippen LogP contribution >= 0.6 is 11.8 Å². The number of nitrogens with one attached hydrogen (secondary N) is 1. The molecule has 0 aliphatic rings. The van der Waals surface area contributed by atoms with Crippen LogP contribution in [0.5, 0.6) is 0 Å². The maximum absolute atomic E-state index is 11.4. The summed E-state index contributed by atoms with van der Waals surface area (Å²) >= 11 is 1.67. The molecular formula is C10H19NO3S. The molecular weight excluding hydrogens is 214 g/mol. The van der Waals surface area contributed by atoms with Crippen molar-refractivity contribution >= 4 is 23.6 Å². The van der Waals surface area contributed by atoms with Crippen LogP contribution in [0.2, 0.25) is 0 Å². The lowest BCUT2D eigenvalue weighted by atomic mass is 10.0. The quantitative estimate of drug-likeness (QED) is 0.696. The van der Waals surface area contributed by atoms with Crippen LogP contribution in [0.15, 0.2) is 0 Å². The Morgan fingerprint density at radius 3 is 2.40 bits per heavy atom. The minimum Gasteiger partial charge on any atom is -0.481 e. The van der Waals surface area contributed by atoms with Crippen LogP contribution in [0.25, 0.3) is 0 Å². The van der Waals surface area contributed by atoms with Gasteiger partial charge in [-0.25, -0.2) is 0 Å². The smallest absolute Gasteiger partial charge is 0.303 e. The zero-order chi connectivity index (χ0) is 11.8. The number of aliphatic carboxylic acids is 1. The third-order valence-corrected chi connectivity index (χ3v) is 2.71. The number of carboxylic acid groups (broad SMARTS) is 1. The Bertz CT molecular complexity index is 221. The number of thioether (sulfide) groups is 1. The zero-order valence-electron chi connectivity index (χ0n) is 9.45. The van der Waals surface area contributed by atoms with Crippen molar-refractivity contribution in [1.82, 2.24) is 5.32 Å². The number of amides is 1. The summed E-state index contributed by atoms with van der Waals surface area (Å²) in [5.74, 6) is -0.152. The Morgan fingerprint density at radius 2 is 1.93 bits per heavy atom. The Balaban J connectivity index is 3.77. The van der Waals surface area contributed by atoms with Gasteiger partial charge in [0.1, 0.15) is 0 Å². The molecule has 0 aromatic carbocycles. The standard InChI is InChI=1S/C10H19NO3S/c1-7(5-10(13)14)4-9(12)11-8(2)6-15-3/h7-8H,4-6H2,1-3H3,(H,11,12)(H,13,14). The SMILES string of the molecule is CSCC(C)NC(=O)CC(C)CC(=O)O. The molecule has 0 saturated heterocycles. The molecule has 5 heteroatoms. The molecule has 2 unspecified atom stereocenters. The molecule has 0 aliphatic heterocycles. The maximum Gasteiger partial charge on any atom is 0.303 e. The van der Waals surface area contributed by atoms with Gasteiger partial charge in [-0.05, 0) is 19.1 Å². The average Bonchev–Trinajstić information content (AvgIpc) is 2.00. The van der Waals surface area contributed by atoms with E-state index in [-0.39, 0.29) is 30.7 Å². The van der Waals surface area contributed by atoms with E-state index in [0.717, 1.165) is 5.75 Å². The summed E-state index contributed by atoms with van der Waals surface area (Å²) < 4.78 is 0. The van der Waals surface area contributed by atoms with Gasteiger partial charge in [0.05, 0.1) is 0 Å². The van der Waals surface area contributed by atoms with E-state index < -0.39 is 5.97 Å². The second-order valence-electron chi connectivity index (χ2n) is 3.83. The predicted molar refractivity (Wildman–Crippen MR) is 62.0 cm³/mol. The molecule has 0 heterocycles. The van der Waals surface area contributed by atoms with Crippen molar-refractivity contribution in [3.8, 4) is 0 Å². The summed E-state index contributed by atoms with van der Waals surface area (Å²) in [6.45, 7) is 3.71. The van der Waals surface area contributed by atoms with Crippen LogP contribution in [0, 0.1) is 5.92 Å². The fourth-order valence-electron chi connectivity index (χ4n) is 1.31. The molecule has 88 valence electrons. The highest BCUT2D eigenvalue weighted by atomic mass is 32.2. The summed E-state index contributed by atoms with van der Waals surface area (Å²) in [7, 11) is 0. The number of carbonyl (C=O) groups excluding carboxylic acids is 1. The lowest BCUT2D eigenvalue weighted by Gasteiger charge is -2.14. The van der Waals surface area contributed by atoms with E-state index in [9.17, 15) is 9.59 Å². The normalized spacial score (nSPS) is 14.3. The second-order valence-corrected chi connectivity index (χ2v) is 4.74. The lowest BCUT2D eigenvalue weighted by molar-refractivity contribution is -0.138. The van der Waals surface area contributed by atoms with Crippen LogP contribution in [0.3, 0.4) is 0 Å². The van der Waals surface area contributed by atoms with E-state index >= 15 is 0 Å². The van der Waals surface area contributed by atoms with Gasteiger partial charge in [-0.1, -0.05) is 6.92 Å². The van der Waals surface area contributed by atoms with Gasteiger partial charge in [0, 0.05) is 24.6 Å². The first-order valence-electron chi connectivity index (χ1n) is 4.95. The van der Waals surface area contributed by atoms with Crippen molar-refractivity contribution in [3.63, 3.8) is 0 Å². The van der Waals surface area contributed by atoms with Crippen molar-refractivity contribution in [1.29, 1.82) is 0 Å². The highest BCUT2D eigenvalue weighted by Crippen LogP contribution is 2.07. The first-order chi connectivity index (χ1) is 6.95. The molecule has 0 radical (unpaired) electrons. The number of rotatable bonds is 7.